The average Bonchev–Trinajstić information content (AvgIpc) is 3.46. The summed E-state index contributed by atoms with van der Waals surface area (Å²) in [7, 11) is 0. The highest BCUT2D eigenvalue weighted by atomic mass is 35.5. The summed E-state index contributed by atoms with van der Waals surface area (Å²) in [6.07, 6.45) is 20.7. The van der Waals surface area contributed by atoms with Crippen LogP contribution in [0, 0.1) is 29.1 Å². The zero-order valence-electron chi connectivity index (χ0n) is 19.9. The van der Waals surface area contributed by atoms with E-state index in [0.29, 0.717) is 35.6 Å². The smallest absolute Gasteiger partial charge is 0.120 e. The third-order valence-corrected chi connectivity index (χ3v) is 9.86. The van der Waals surface area contributed by atoms with Crippen molar-refractivity contribution in [2.75, 3.05) is 6.54 Å². The number of hydrogen-bond donors (Lipinski definition) is 2. The minimum Gasteiger partial charge on any atom is -0.392 e. The molecular weight excluding hydrogens is 450 g/mol. The first-order valence-electron chi connectivity index (χ1n) is 12.9. The van der Waals surface area contributed by atoms with Crippen LogP contribution in [0.4, 0.5) is 0 Å². The van der Waals surface area contributed by atoms with Crippen molar-refractivity contribution in [3.8, 4) is 0 Å². The molecule has 1 aromatic heterocycles. The second-order valence-electron chi connectivity index (χ2n) is 10.7. The van der Waals surface area contributed by atoms with Gasteiger partial charge in [-0.2, -0.15) is 0 Å². The molecule has 0 spiro atoms. The Hall–Kier alpha value is -0.940. The zero-order chi connectivity index (χ0) is 23.3. The maximum Gasteiger partial charge on any atom is 0.120 e. The van der Waals surface area contributed by atoms with Crippen LogP contribution in [0.5, 0.6) is 0 Å². The van der Waals surface area contributed by atoms with Crippen LogP contribution in [0.3, 0.4) is 0 Å². The normalized spacial score (nSPS) is 31.8. The molecule has 6 atom stereocenters. The lowest BCUT2D eigenvalue weighted by molar-refractivity contribution is -0.107. The molecule has 182 valence electrons. The number of nitrogens with one attached hydrogen (secondary N) is 1. The molecule has 2 heterocycles. The van der Waals surface area contributed by atoms with E-state index in [4.69, 9.17) is 11.6 Å². The molecule has 2 N–H and O–H groups in total. The number of aliphatic hydroxyl groups is 1. The van der Waals surface area contributed by atoms with Crippen molar-refractivity contribution in [3.63, 3.8) is 0 Å². The number of rotatable bonds is 13. The maximum atomic E-state index is 10.9. The van der Waals surface area contributed by atoms with Gasteiger partial charge in [0.25, 0.3) is 0 Å². The SMILES string of the molecule is CC(C/C=C/C1[C@@H](C/C=C\CCCC=O)C([C@H]2CN2)C[C@H]1O)C1(Cc2ccc(Cl)s2)CCC1. The summed E-state index contributed by atoms with van der Waals surface area (Å²) in [5.41, 5.74) is 0.414. The summed E-state index contributed by atoms with van der Waals surface area (Å²) in [5.74, 6) is 1.95. The van der Waals surface area contributed by atoms with Gasteiger partial charge in [-0.1, -0.05) is 49.2 Å². The van der Waals surface area contributed by atoms with Crippen LogP contribution < -0.4 is 5.32 Å². The largest absolute Gasteiger partial charge is 0.392 e. The number of aliphatic hydroxyl groups excluding tert-OH is 1. The van der Waals surface area contributed by atoms with Crippen molar-refractivity contribution in [3.05, 3.63) is 45.7 Å². The van der Waals surface area contributed by atoms with Crippen molar-refractivity contribution < 1.29 is 9.90 Å². The number of halogens is 1. The number of aldehydes is 1. The second kappa shape index (κ2) is 11.7. The van der Waals surface area contributed by atoms with Gasteiger partial charge in [-0.3, -0.25) is 0 Å². The molecule has 1 aromatic rings. The van der Waals surface area contributed by atoms with E-state index in [1.807, 2.05) is 6.07 Å². The van der Waals surface area contributed by atoms with Gasteiger partial charge >= 0.3 is 0 Å². The van der Waals surface area contributed by atoms with Gasteiger partial charge < -0.3 is 15.2 Å². The van der Waals surface area contributed by atoms with Crippen LogP contribution >= 0.6 is 22.9 Å². The summed E-state index contributed by atoms with van der Waals surface area (Å²) < 4.78 is 0.894. The molecule has 3 unspecified atom stereocenters. The predicted molar refractivity (Wildman–Crippen MR) is 139 cm³/mol. The second-order valence-corrected chi connectivity index (χ2v) is 12.5. The molecule has 2 saturated carbocycles. The first-order chi connectivity index (χ1) is 16.0. The Morgan fingerprint density at radius 2 is 2.09 bits per heavy atom. The Labute approximate surface area is 208 Å². The summed E-state index contributed by atoms with van der Waals surface area (Å²) in [5, 5.41) is 14.4. The molecule has 1 saturated heterocycles. The number of thiophene rings is 1. The van der Waals surface area contributed by atoms with Gasteiger partial charge in [0, 0.05) is 29.8 Å². The molecule has 0 amide bonds. The molecule has 1 aliphatic heterocycles. The monoisotopic (exact) mass is 489 g/mol. The molecule has 0 aromatic carbocycles. The number of unbranched alkanes of at least 4 members (excludes halogenated alkanes) is 2. The van der Waals surface area contributed by atoms with E-state index in [9.17, 15) is 9.90 Å². The van der Waals surface area contributed by atoms with E-state index >= 15 is 0 Å². The Bertz CT molecular complexity index is 826. The summed E-state index contributed by atoms with van der Waals surface area (Å²) in [4.78, 5) is 11.9. The predicted octanol–water partition coefficient (Wildman–Crippen LogP) is 6.60. The van der Waals surface area contributed by atoms with Crippen molar-refractivity contribution in [1.82, 2.24) is 5.32 Å². The van der Waals surface area contributed by atoms with Gasteiger partial charge in [0.15, 0.2) is 0 Å². The zero-order valence-corrected chi connectivity index (χ0v) is 21.5. The van der Waals surface area contributed by atoms with Gasteiger partial charge in [0.2, 0.25) is 0 Å². The highest BCUT2D eigenvalue weighted by Crippen LogP contribution is 2.52. The number of allylic oxidation sites excluding steroid dienone is 3. The van der Waals surface area contributed by atoms with Crippen molar-refractivity contribution in [2.24, 2.45) is 29.1 Å². The van der Waals surface area contributed by atoms with E-state index in [1.165, 1.54) is 24.1 Å². The molecule has 0 bridgehead atoms. The van der Waals surface area contributed by atoms with Crippen molar-refractivity contribution >= 4 is 29.2 Å². The molecule has 0 radical (unpaired) electrons. The van der Waals surface area contributed by atoms with Crippen LogP contribution in [-0.2, 0) is 11.2 Å². The highest BCUT2D eigenvalue weighted by Gasteiger charge is 2.47. The number of carbonyl (C=O) groups excluding carboxylic acids is 1. The first-order valence-corrected chi connectivity index (χ1v) is 14.1. The Morgan fingerprint density at radius 3 is 2.73 bits per heavy atom. The van der Waals surface area contributed by atoms with E-state index in [2.05, 4.69) is 42.6 Å². The maximum absolute atomic E-state index is 10.9. The highest BCUT2D eigenvalue weighted by molar-refractivity contribution is 7.16. The van der Waals surface area contributed by atoms with E-state index < -0.39 is 0 Å². The molecule has 3 fully saturated rings. The summed E-state index contributed by atoms with van der Waals surface area (Å²) >= 11 is 7.91. The average molecular weight is 490 g/mol. The minimum absolute atomic E-state index is 0.233. The van der Waals surface area contributed by atoms with Crippen molar-refractivity contribution in [1.29, 1.82) is 0 Å². The quantitative estimate of drug-likeness (QED) is 0.142. The minimum atomic E-state index is -0.233. The summed E-state index contributed by atoms with van der Waals surface area (Å²) in [6.45, 7) is 3.51. The Morgan fingerprint density at radius 1 is 1.27 bits per heavy atom. The number of carbonyl (C=O) groups is 1. The van der Waals surface area contributed by atoms with Gasteiger partial charge in [0.1, 0.15) is 6.29 Å². The molecular formula is C28H40ClNO2S. The van der Waals surface area contributed by atoms with Crippen LogP contribution in [-0.4, -0.2) is 30.1 Å². The standard InChI is InChI=1S/C28H40ClNO2S/c1-20(28(14-8-15-28)18-21-12-13-27(29)33-21)9-7-11-23-22(10-5-3-2-4-6-16-31)24(17-26(23)32)25-19-30-25/h3,5,7,11-13,16,20,22-26,30,32H,2,4,6,8-10,14-15,17-19H2,1H3/b5-3-,11-7+/t20?,22-,23?,24?,25-,26-/m1/s1. The third kappa shape index (κ3) is 6.39. The van der Waals surface area contributed by atoms with Crippen LogP contribution in [0.25, 0.3) is 0 Å². The lowest BCUT2D eigenvalue weighted by atomic mass is 9.59. The van der Waals surface area contributed by atoms with Gasteiger partial charge in [-0.15, -0.1) is 11.3 Å². The van der Waals surface area contributed by atoms with Crippen molar-refractivity contribution in [2.45, 2.75) is 83.3 Å². The molecule has 5 heteroatoms. The van der Waals surface area contributed by atoms with Gasteiger partial charge in [-0.25, -0.2) is 0 Å². The molecule has 33 heavy (non-hydrogen) atoms. The lowest BCUT2D eigenvalue weighted by Crippen LogP contribution is -2.37. The Kier molecular flexibility index (Phi) is 8.89. The molecule has 4 rings (SSSR count). The third-order valence-electron chi connectivity index (χ3n) is 8.62. The fraction of sp³-hybridized carbons (Fsp3) is 0.679. The molecule has 2 aliphatic carbocycles. The summed E-state index contributed by atoms with van der Waals surface area (Å²) in [6, 6.07) is 4.82. The van der Waals surface area contributed by atoms with Crippen LogP contribution in [0.15, 0.2) is 36.4 Å². The lowest BCUT2D eigenvalue weighted by Gasteiger charge is -2.46. The fourth-order valence-corrected chi connectivity index (χ4v) is 7.51. The number of hydrogen-bond acceptors (Lipinski definition) is 4. The van der Waals surface area contributed by atoms with Crippen LogP contribution in [0.1, 0.15) is 69.6 Å². The first kappa shape index (κ1) is 25.2. The molecule has 3 aliphatic rings. The Balaban J connectivity index is 1.34. The van der Waals surface area contributed by atoms with E-state index in [1.54, 1.807) is 11.3 Å². The fourth-order valence-electron chi connectivity index (χ4n) is 6.27. The van der Waals surface area contributed by atoms with Crippen LogP contribution in [0.2, 0.25) is 4.34 Å². The molecule has 3 nitrogen and oxygen atoms in total. The van der Waals surface area contributed by atoms with Gasteiger partial charge in [-0.05, 0) is 86.7 Å². The van der Waals surface area contributed by atoms with E-state index in [0.717, 1.165) is 55.7 Å². The van der Waals surface area contributed by atoms with E-state index in [-0.39, 0.29) is 12.0 Å². The topological polar surface area (TPSA) is 59.2 Å². The van der Waals surface area contributed by atoms with Gasteiger partial charge in [0.05, 0.1) is 10.4 Å².